The summed E-state index contributed by atoms with van der Waals surface area (Å²) >= 11 is 0. The summed E-state index contributed by atoms with van der Waals surface area (Å²) in [4.78, 5) is 16.7. The third kappa shape index (κ3) is 0.683. The van der Waals surface area contributed by atoms with Gasteiger partial charge in [0.25, 0.3) is 5.91 Å². The molecule has 0 aromatic carbocycles. The smallest absolute Gasteiger partial charge is 0.251 e. The number of hydrogen-bond donors (Lipinski definition) is 1. The summed E-state index contributed by atoms with van der Waals surface area (Å²) in [5.74, 6) is 0.901. The van der Waals surface area contributed by atoms with Gasteiger partial charge in [-0.25, -0.2) is 4.99 Å². The van der Waals surface area contributed by atoms with Crippen molar-refractivity contribution in [3.05, 3.63) is 0 Å². The van der Waals surface area contributed by atoms with E-state index in [0.29, 0.717) is 6.54 Å². The van der Waals surface area contributed by atoms with Crippen LogP contribution in [-0.4, -0.2) is 36.4 Å². The van der Waals surface area contributed by atoms with Crippen molar-refractivity contribution in [1.82, 2.24) is 10.2 Å². The van der Waals surface area contributed by atoms with E-state index >= 15 is 0 Å². The molecule has 0 aliphatic carbocycles. The maximum Gasteiger partial charge on any atom is 0.251 e. The fraction of sp³-hybridized carbons (Fsp3) is 0.667. The highest BCUT2D eigenvalue weighted by molar-refractivity contribution is 6.03. The van der Waals surface area contributed by atoms with Crippen LogP contribution < -0.4 is 5.32 Å². The summed E-state index contributed by atoms with van der Waals surface area (Å²) in [5.41, 5.74) is 0. The molecule has 0 bridgehead atoms. The van der Waals surface area contributed by atoms with E-state index in [2.05, 4.69) is 10.3 Å². The van der Waals surface area contributed by atoms with Crippen molar-refractivity contribution in [1.29, 1.82) is 0 Å². The molecule has 4 nitrogen and oxygen atoms in total. The average molecular weight is 139 g/mol. The van der Waals surface area contributed by atoms with Crippen LogP contribution in [0.4, 0.5) is 0 Å². The van der Waals surface area contributed by atoms with Gasteiger partial charge in [-0.15, -0.1) is 0 Å². The van der Waals surface area contributed by atoms with E-state index in [1.54, 1.807) is 4.90 Å². The Morgan fingerprint density at radius 3 is 3.30 bits per heavy atom. The van der Waals surface area contributed by atoms with Crippen LogP contribution in [0.1, 0.15) is 6.42 Å². The highest BCUT2D eigenvalue weighted by Gasteiger charge is 2.26. The number of rotatable bonds is 0. The predicted octanol–water partition coefficient (Wildman–Crippen LogP) is -0.822. The number of aliphatic imine (C=N–C) groups is 1. The fourth-order valence-electron chi connectivity index (χ4n) is 1.25. The molecular weight excluding hydrogens is 130 g/mol. The second kappa shape index (κ2) is 1.97. The monoisotopic (exact) mass is 139 g/mol. The van der Waals surface area contributed by atoms with Crippen molar-refractivity contribution < 1.29 is 4.79 Å². The molecule has 1 fully saturated rings. The molecule has 0 radical (unpaired) electrons. The summed E-state index contributed by atoms with van der Waals surface area (Å²) < 4.78 is 0. The topological polar surface area (TPSA) is 44.7 Å². The van der Waals surface area contributed by atoms with Gasteiger partial charge in [0, 0.05) is 13.1 Å². The number of nitrogens with one attached hydrogen (secondary N) is 1. The summed E-state index contributed by atoms with van der Waals surface area (Å²) in [7, 11) is 0. The Kier molecular flexibility index (Phi) is 1.12. The zero-order chi connectivity index (χ0) is 6.97. The minimum absolute atomic E-state index is 0.127. The van der Waals surface area contributed by atoms with E-state index < -0.39 is 0 Å². The first kappa shape index (κ1) is 5.70. The number of hydrogen-bond acceptors (Lipinski definition) is 3. The lowest BCUT2D eigenvalue weighted by Crippen LogP contribution is -2.47. The lowest BCUT2D eigenvalue weighted by molar-refractivity contribution is -0.125. The molecule has 1 saturated heterocycles. The van der Waals surface area contributed by atoms with Crippen LogP contribution in [0.15, 0.2) is 4.99 Å². The maximum atomic E-state index is 11.0. The van der Waals surface area contributed by atoms with Crippen LogP contribution in [0.25, 0.3) is 0 Å². The number of carbonyl (C=O) groups excluding carboxylic acids is 1. The Bertz CT molecular complexity index is 199. The Labute approximate surface area is 58.9 Å². The Balaban J connectivity index is 2.18. The highest BCUT2D eigenvalue weighted by atomic mass is 16.2. The predicted molar refractivity (Wildman–Crippen MR) is 36.6 cm³/mol. The second-order valence-electron chi connectivity index (χ2n) is 2.47. The van der Waals surface area contributed by atoms with Gasteiger partial charge < -0.3 is 5.32 Å². The van der Waals surface area contributed by atoms with Gasteiger partial charge >= 0.3 is 0 Å². The van der Waals surface area contributed by atoms with E-state index in [1.165, 1.54) is 0 Å². The van der Waals surface area contributed by atoms with Crippen molar-refractivity contribution in [2.75, 3.05) is 19.6 Å². The largest absolute Gasteiger partial charge is 0.356 e. The lowest BCUT2D eigenvalue weighted by Gasteiger charge is -2.23. The van der Waals surface area contributed by atoms with Gasteiger partial charge in [0.05, 0.1) is 0 Å². The van der Waals surface area contributed by atoms with Crippen LogP contribution in [-0.2, 0) is 4.79 Å². The van der Waals surface area contributed by atoms with Gasteiger partial charge in [-0.1, -0.05) is 0 Å². The summed E-state index contributed by atoms with van der Waals surface area (Å²) in [6.07, 6.45) is 1.03. The summed E-state index contributed by atoms with van der Waals surface area (Å²) in [5, 5.41) is 3.07. The molecule has 0 saturated carbocycles. The van der Waals surface area contributed by atoms with Gasteiger partial charge in [0.1, 0.15) is 6.54 Å². The standard InChI is InChI=1S/C6H9N3O/c10-5-4-8-6-7-2-1-3-9(5)6/h1-4H2,(H,7,8). The molecule has 1 N–H and O–H groups in total. The molecule has 10 heavy (non-hydrogen) atoms. The molecule has 0 unspecified atom stereocenters. The lowest BCUT2D eigenvalue weighted by atomic mass is 10.3. The Morgan fingerprint density at radius 1 is 1.60 bits per heavy atom. The zero-order valence-electron chi connectivity index (χ0n) is 5.63. The molecule has 1 amide bonds. The average Bonchev–Trinajstić information content (AvgIpc) is 2.34. The first-order valence-electron chi connectivity index (χ1n) is 3.46. The zero-order valence-corrected chi connectivity index (χ0v) is 5.63. The van der Waals surface area contributed by atoms with Gasteiger partial charge in [-0.3, -0.25) is 9.69 Å². The number of carbonyl (C=O) groups is 1. The van der Waals surface area contributed by atoms with E-state index in [4.69, 9.17) is 0 Å². The van der Waals surface area contributed by atoms with Crippen molar-refractivity contribution in [2.24, 2.45) is 4.99 Å². The van der Waals surface area contributed by atoms with Crippen molar-refractivity contribution in [3.63, 3.8) is 0 Å². The first-order valence-corrected chi connectivity index (χ1v) is 3.46. The maximum absolute atomic E-state index is 11.0. The van der Waals surface area contributed by atoms with Crippen LogP contribution in [0.3, 0.4) is 0 Å². The molecule has 0 spiro atoms. The number of amides is 1. The van der Waals surface area contributed by atoms with Gasteiger partial charge in [-0.05, 0) is 6.42 Å². The Hall–Kier alpha value is -1.06. The first-order chi connectivity index (χ1) is 4.88. The summed E-state index contributed by atoms with van der Waals surface area (Å²) in [6, 6.07) is 0. The second-order valence-corrected chi connectivity index (χ2v) is 2.47. The van der Waals surface area contributed by atoms with E-state index in [-0.39, 0.29) is 5.91 Å². The Morgan fingerprint density at radius 2 is 2.50 bits per heavy atom. The molecular formula is C6H9N3O. The molecule has 54 valence electrons. The molecule has 2 aliphatic heterocycles. The molecule has 0 atom stereocenters. The van der Waals surface area contributed by atoms with Gasteiger partial charge in [-0.2, -0.15) is 0 Å². The van der Waals surface area contributed by atoms with Crippen molar-refractivity contribution in [3.8, 4) is 0 Å². The molecule has 0 aromatic rings. The van der Waals surface area contributed by atoms with Crippen molar-refractivity contribution >= 4 is 11.9 Å². The van der Waals surface area contributed by atoms with Crippen LogP contribution in [0.2, 0.25) is 0 Å². The number of fused-ring (bicyclic) bond motifs is 1. The third-order valence-corrected chi connectivity index (χ3v) is 1.76. The summed E-state index contributed by atoms with van der Waals surface area (Å²) in [6.45, 7) is 2.12. The molecule has 4 heteroatoms. The highest BCUT2D eigenvalue weighted by Crippen LogP contribution is 2.05. The SMILES string of the molecule is O=C1CN=C2NCCCN12. The quantitative estimate of drug-likeness (QED) is 0.476. The molecule has 2 aliphatic rings. The number of guanidine groups is 1. The third-order valence-electron chi connectivity index (χ3n) is 1.76. The molecule has 0 aromatic heterocycles. The fourth-order valence-corrected chi connectivity index (χ4v) is 1.25. The number of nitrogens with zero attached hydrogens (tertiary/aromatic N) is 2. The molecule has 2 rings (SSSR count). The molecule has 2 heterocycles. The van der Waals surface area contributed by atoms with E-state index in [1.807, 2.05) is 0 Å². The van der Waals surface area contributed by atoms with E-state index in [9.17, 15) is 4.79 Å². The van der Waals surface area contributed by atoms with Crippen LogP contribution in [0, 0.1) is 0 Å². The minimum atomic E-state index is 0.127. The van der Waals surface area contributed by atoms with E-state index in [0.717, 1.165) is 25.5 Å². The van der Waals surface area contributed by atoms with Crippen molar-refractivity contribution in [2.45, 2.75) is 6.42 Å². The minimum Gasteiger partial charge on any atom is -0.356 e. The van der Waals surface area contributed by atoms with Gasteiger partial charge in [0.2, 0.25) is 5.96 Å². The van der Waals surface area contributed by atoms with Gasteiger partial charge in [0.15, 0.2) is 0 Å². The normalized spacial score (nSPS) is 23.8. The van der Waals surface area contributed by atoms with Crippen LogP contribution >= 0.6 is 0 Å². The van der Waals surface area contributed by atoms with Crippen LogP contribution in [0.5, 0.6) is 0 Å².